The molecule has 0 bridgehead atoms. The zero-order chi connectivity index (χ0) is 21.3. The number of thiazole rings is 1. The van der Waals surface area contributed by atoms with E-state index in [9.17, 15) is 14.4 Å². The van der Waals surface area contributed by atoms with Crippen LogP contribution in [0, 0.1) is 17.1 Å². The Morgan fingerprint density at radius 2 is 1.97 bits per heavy atom. The Labute approximate surface area is 178 Å². The van der Waals surface area contributed by atoms with Gasteiger partial charge in [0.05, 0.1) is 12.3 Å². The molecule has 3 aromatic rings. The van der Waals surface area contributed by atoms with Gasteiger partial charge >= 0.3 is 0 Å². The number of nitrogens with zero attached hydrogens (tertiary/aromatic N) is 2. The van der Waals surface area contributed by atoms with E-state index in [-0.39, 0.29) is 11.4 Å². The van der Waals surface area contributed by atoms with E-state index in [1.54, 1.807) is 29.6 Å². The molecule has 7 heteroatoms. The van der Waals surface area contributed by atoms with Gasteiger partial charge in [0.2, 0.25) is 0 Å². The first-order valence-electron chi connectivity index (χ1n) is 9.46. The van der Waals surface area contributed by atoms with Crippen LogP contribution < -0.4 is 10.1 Å². The van der Waals surface area contributed by atoms with E-state index >= 15 is 0 Å². The molecule has 1 amide bonds. The number of rotatable bonds is 8. The predicted octanol–water partition coefficient (Wildman–Crippen LogP) is 5.67. The van der Waals surface area contributed by atoms with Crippen LogP contribution in [0.15, 0.2) is 59.5 Å². The molecular weight excluding hydrogens is 401 g/mol. The van der Waals surface area contributed by atoms with Gasteiger partial charge in [-0.1, -0.05) is 25.5 Å². The van der Waals surface area contributed by atoms with E-state index in [4.69, 9.17) is 4.74 Å². The van der Waals surface area contributed by atoms with Crippen LogP contribution in [0.1, 0.15) is 25.3 Å². The SMILES string of the molecule is CCCCOc1ccc(/C=C(\C#N)C(=O)Nc2nc(-c3ccc(F)cc3)cs2)cc1. The molecule has 152 valence electrons. The molecule has 2 aromatic carbocycles. The van der Waals surface area contributed by atoms with E-state index in [1.165, 1.54) is 29.5 Å². The van der Waals surface area contributed by atoms with Gasteiger partial charge in [-0.25, -0.2) is 9.37 Å². The van der Waals surface area contributed by atoms with Crippen LogP contribution >= 0.6 is 11.3 Å². The van der Waals surface area contributed by atoms with Gasteiger partial charge in [0.15, 0.2) is 5.13 Å². The minimum Gasteiger partial charge on any atom is -0.494 e. The Kier molecular flexibility index (Phi) is 7.30. The maximum atomic E-state index is 13.1. The van der Waals surface area contributed by atoms with Gasteiger partial charge in [-0.3, -0.25) is 10.1 Å². The maximum absolute atomic E-state index is 13.1. The third-order valence-electron chi connectivity index (χ3n) is 4.19. The molecule has 0 aliphatic rings. The second kappa shape index (κ2) is 10.3. The molecule has 1 aromatic heterocycles. The Hall–Kier alpha value is -3.50. The molecule has 0 spiro atoms. The van der Waals surface area contributed by atoms with Gasteiger partial charge in [-0.2, -0.15) is 5.26 Å². The average Bonchev–Trinajstić information content (AvgIpc) is 3.22. The molecule has 0 aliphatic heterocycles. The zero-order valence-corrected chi connectivity index (χ0v) is 17.2. The highest BCUT2D eigenvalue weighted by Gasteiger charge is 2.13. The standard InChI is InChI=1S/C23H20FN3O2S/c1-2-3-12-29-20-10-4-16(5-11-20)13-18(14-25)22(28)27-23-26-21(15-30-23)17-6-8-19(24)9-7-17/h4-11,13,15H,2-3,12H2,1H3,(H,26,27,28)/b18-13+. The first-order valence-corrected chi connectivity index (χ1v) is 10.3. The summed E-state index contributed by atoms with van der Waals surface area (Å²) in [5, 5.41) is 14.1. The third-order valence-corrected chi connectivity index (χ3v) is 4.95. The summed E-state index contributed by atoms with van der Waals surface area (Å²) in [6.07, 6.45) is 3.56. The summed E-state index contributed by atoms with van der Waals surface area (Å²) in [5.41, 5.74) is 2.05. The molecule has 1 heterocycles. The lowest BCUT2D eigenvalue weighted by Gasteiger charge is -2.05. The fourth-order valence-corrected chi connectivity index (χ4v) is 3.27. The number of benzene rings is 2. The van der Waals surface area contributed by atoms with Crippen LogP contribution in [0.4, 0.5) is 9.52 Å². The summed E-state index contributed by atoms with van der Waals surface area (Å²) < 4.78 is 18.7. The first-order chi connectivity index (χ1) is 14.6. The minimum atomic E-state index is -0.541. The first kappa shape index (κ1) is 21.2. The van der Waals surface area contributed by atoms with Crippen molar-refractivity contribution >= 4 is 28.5 Å². The lowest BCUT2D eigenvalue weighted by atomic mass is 10.1. The zero-order valence-electron chi connectivity index (χ0n) is 16.4. The highest BCUT2D eigenvalue weighted by atomic mass is 32.1. The van der Waals surface area contributed by atoms with Crippen molar-refractivity contribution in [2.75, 3.05) is 11.9 Å². The van der Waals surface area contributed by atoms with Crippen molar-refractivity contribution in [1.29, 1.82) is 5.26 Å². The Morgan fingerprint density at radius 3 is 2.63 bits per heavy atom. The lowest BCUT2D eigenvalue weighted by Crippen LogP contribution is -2.13. The number of hydrogen-bond acceptors (Lipinski definition) is 5. The third kappa shape index (κ3) is 5.75. The number of anilines is 1. The number of ether oxygens (including phenoxy) is 1. The number of unbranched alkanes of at least 4 members (excludes halogenated alkanes) is 1. The van der Waals surface area contributed by atoms with Gasteiger partial charge in [0.25, 0.3) is 5.91 Å². The molecule has 0 fully saturated rings. The molecule has 1 N–H and O–H groups in total. The number of nitriles is 1. The van der Waals surface area contributed by atoms with Crippen molar-refractivity contribution < 1.29 is 13.9 Å². The van der Waals surface area contributed by atoms with E-state index in [0.29, 0.717) is 17.4 Å². The Bertz CT molecular complexity index is 1070. The molecule has 0 saturated carbocycles. The lowest BCUT2D eigenvalue weighted by molar-refractivity contribution is -0.112. The van der Waals surface area contributed by atoms with Crippen molar-refractivity contribution in [2.24, 2.45) is 0 Å². The van der Waals surface area contributed by atoms with Crippen LogP contribution in [-0.4, -0.2) is 17.5 Å². The van der Waals surface area contributed by atoms with E-state index in [1.807, 2.05) is 18.2 Å². The summed E-state index contributed by atoms with van der Waals surface area (Å²) in [7, 11) is 0. The fraction of sp³-hybridized carbons (Fsp3) is 0.174. The number of halogens is 1. The highest BCUT2D eigenvalue weighted by molar-refractivity contribution is 7.14. The average molecular weight is 421 g/mol. The minimum absolute atomic E-state index is 0.0341. The summed E-state index contributed by atoms with van der Waals surface area (Å²) in [6, 6.07) is 15.1. The van der Waals surface area contributed by atoms with Crippen molar-refractivity contribution in [1.82, 2.24) is 4.98 Å². The van der Waals surface area contributed by atoms with Crippen molar-refractivity contribution in [3.05, 3.63) is 70.9 Å². The number of carbonyl (C=O) groups is 1. The van der Waals surface area contributed by atoms with Gasteiger partial charge in [0.1, 0.15) is 23.2 Å². The van der Waals surface area contributed by atoms with Gasteiger partial charge in [0, 0.05) is 10.9 Å². The summed E-state index contributed by atoms with van der Waals surface area (Å²) >= 11 is 1.23. The number of aromatic nitrogens is 1. The number of carbonyl (C=O) groups excluding carboxylic acids is 1. The van der Waals surface area contributed by atoms with Gasteiger partial charge in [-0.15, -0.1) is 11.3 Å². The molecular formula is C23H20FN3O2S. The largest absolute Gasteiger partial charge is 0.494 e. The molecule has 0 radical (unpaired) electrons. The number of nitrogens with one attached hydrogen (secondary N) is 1. The van der Waals surface area contributed by atoms with Crippen molar-refractivity contribution in [3.63, 3.8) is 0 Å². The molecule has 30 heavy (non-hydrogen) atoms. The van der Waals surface area contributed by atoms with E-state index < -0.39 is 5.91 Å². The van der Waals surface area contributed by atoms with Crippen LogP contribution in [-0.2, 0) is 4.79 Å². The molecule has 0 unspecified atom stereocenters. The Balaban J connectivity index is 1.66. The van der Waals surface area contributed by atoms with Crippen molar-refractivity contribution in [3.8, 4) is 23.1 Å². The topological polar surface area (TPSA) is 75.0 Å². The molecule has 0 atom stereocenters. The number of hydrogen-bond donors (Lipinski definition) is 1. The second-order valence-electron chi connectivity index (χ2n) is 6.44. The van der Waals surface area contributed by atoms with Gasteiger partial charge < -0.3 is 4.74 Å². The monoisotopic (exact) mass is 421 g/mol. The van der Waals surface area contributed by atoms with Crippen LogP contribution in [0.3, 0.4) is 0 Å². The summed E-state index contributed by atoms with van der Waals surface area (Å²) in [4.78, 5) is 16.8. The quantitative estimate of drug-likeness (QED) is 0.289. The summed E-state index contributed by atoms with van der Waals surface area (Å²) in [5.74, 6) is -0.118. The van der Waals surface area contributed by atoms with Crippen LogP contribution in [0.2, 0.25) is 0 Å². The van der Waals surface area contributed by atoms with E-state index in [2.05, 4.69) is 17.2 Å². The molecule has 0 saturated heterocycles. The maximum Gasteiger partial charge on any atom is 0.268 e. The van der Waals surface area contributed by atoms with Crippen LogP contribution in [0.5, 0.6) is 5.75 Å². The van der Waals surface area contributed by atoms with Crippen LogP contribution in [0.25, 0.3) is 17.3 Å². The Morgan fingerprint density at radius 1 is 1.23 bits per heavy atom. The normalized spacial score (nSPS) is 11.0. The highest BCUT2D eigenvalue weighted by Crippen LogP contribution is 2.25. The summed E-state index contributed by atoms with van der Waals surface area (Å²) in [6.45, 7) is 2.76. The van der Waals surface area contributed by atoms with E-state index in [0.717, 1.165) is 29.7 Å². The molecule has 5 nitrogen and oxygen atoms in total. The number of amides is 1. The second-order valence-corrected chi connectivity index (χ2v) is 7.30. The van der Waals surface area contributed by atoms with Gasteiger partial charge in [-0.05, 0) is 54.5 Å². The molecule has 0 aliphatic carbocycles. The smallest absolute Gasteiger partial charge is 0.268 e. The molecule has 3 rings (SSSR count). The fourth-order valence-electron chi connectivity index (χ4n) is 2.56. The predicted molar refractivity (Wildman–Crippen MR) is 117 cm³/mol. The van der Waals surface area contributed by atoms with Crippen molar-refractivity contribution in [2.45, 2.75) is 19.8 Å².